The van der Waals surface area contributed by atoms with Crippen LogP contribution in [-0.4, -0.2) is 61.3 Å². The van der Waals surface area contributed by atoms with E-state index in [2.05, 4.69) is 28.2 Å². The first-order valence-corrected chi connectivity index (χ1v) is 9.63. The molecule has 3 aromatic rings. The Labute approximate surface area is 163 Å². The van der Waals surface area contributed by atoms with Gasteiger partial charge in [-0.25, -0.2) is 4.98 Å². The molecule has 0 bridgehead atoms. The molecule has 0 saturated carbocycles. The van der Waals surface area contributed by atoms with Gasteiger partial charge in [0, 0.05) is 43.3 Å². The molecule has 0 radical (unpaired) electrons. The summed E-state index contributed by atoms with van der Waals surface area (Å²) in [6, 6.07) is 14.0. The molecule has 2 aromatic carbocycles. The van der Waals surface area contributed by atoms with Crippen molar-refractivity contribution >= 4 is 28.4 Å². The molecule has 3 heterocycles. The summed E-state index contributed by atoms with van der Waals surface area (Å²) in [5, 5.41) is 4.42. The number of rotatable bonds is 3. The molecule has 0 atom stereocenters. The first-order valence-electron chi connectivity index (χ1n) is 9.63. The average molecular weight is 377 g/mol. The number of fused-ring (bicyclic) bond motifs is 2. The van der Waals surface area contributed by atoms with E-state index in [0.29, 0.717) is 19.2 Å². The number of hydrogen-bond donors (Lipinski definition) is 1. The van der Waals surface area contributed by atoms with Gasteiger partial charge in [-0.15, -0.1) is 0 Å². The van der Waals surface area contributed by atoms with Crippen molar-refractivity contribution in [2.24, 2.45) is 0 Å². The van der Waals surface area contributed by atoms with Gasteiger partial charge in [-0.05, 0) is 31.3 Å². The SMILES string of the molecule is CN1CCN(c2nc(Nc3ccc4c(c3)OCCO4)nc3ccccc23)CC1. The lowest BCUT2D eigenvalue weighted by atomic mass is 10.2. The monoisotopic (exact) mass is 377 g/mol. The second-order valence-electron chi connectivity index (χ2n) is 7.16. The van der Waals surface area contributed by atoms with Crippen molar-refractivity contribution in [3.63, 3.8) is 0 Å². The fourth-order valence-electron chi connectivity index (χ4n) is 3.63. The fourth-order valence-corrected chi connectivity index (χ4v) is 3.63. The Morgan fingerprint density at radius 3 is 2.54 bits per heavy atom. The van der Waals surface area contributed by atoms with E-state index < -0.39 is 0 Å². The Bertz CT molecular complexity index is 1000. The summed E-state index contributed by atoms with van der Waals surface area (Å²) in [7, 11) is 2.16. The highest BCUT2D eigenvalue weighted by Crippen LogP contribution is 2.34. The minimum absolute atomic E-state index is 0.566. The predicted octanol–water partition coefficient (Wildman–Crippen LogP) is 2.90. The summed E-state index contributed by atoms with van der Waals surface area (Å²) in [6.45, 7) is 5.13. The number of likely N-dealkylation sites (N-methyl/N-ethyl adjacent to an activating group) is 1. The van der Waals surface area contributed by atoms with Crippen LogP contribution < -0.4 is 19.7 Å². The number of benzene rings is 2. The van der Waals surface area contributed by atoms with Gasteiger partial charge in [0.05, 0.1) is 5.52 Å². The third-order valence-electron chi connectivity index (χ3n) is 5.18. The normalized spacial score (nSPS) is 17.0. The van der Waals surface area contributed by atoms with Crippen LogP contribution in [0.4, 0.5) is 17.5 Å². The quantitative estimate of drug-likeness (QED) is 0.753. The summed E-state index contributed by atoms with van der Waals surface area (Å²) >= 11 is 0. The first kappa shape index (κ1) is 17.1. The molecule has 5 rings (SSSR count). The summed E-state index contributed by atoms with van der Waals surface area (Å²) in [5.41, 5.74) is 1.82. The minimum atomic E-state index is 0.566. The minimum Gasteiger partial charge on any atom is -0.486 e. The number of anilines is 3. The van der Waals surface area contributed by atoms with E-state index in [1.807, 2.05) is 36.4 Å². The lowest BCUT2D eigenvalue weighted by Gasteiger charge is -2.33. The maximum atomic E-state index is 5.68. The van der Waals surface area contributed by atoms with Crippen LogP contribution in [-0.2, 0) is 0 Å². The Balaban J connectivity index is 1.49. The van der Waals surface area contributed by atoms with Crippen LogP contribution >= 0.6 is 0 Å². The zero-order valence-corrected chi connectivity index (χ0v) is 15.9. The van der Waals surface area contributed by atoms with Crippen LogP contribution in [0.25, 0.3) is 10.9 Å². The maximum Gasteiger partial charge on any atom is 0.229 e. The number of nitrogens with one attached hydrogen (secondary N) is 1. The van der Waals surface area contributed by atoms with Gasteiger partial charge in [-0.1, -0.05) is 12.1 Å². The number of nitrogens with zero attached hydrogens (tertiary/aromatic N) is 4. The van der Waals surface area contributed by atoms with E-state index >= 15 is 0 Å². The Hall–Kier alpha value is -3.06. The molecule has 1 aromatic heterocycles. The van der Waals surface area contributed by atoms with E-state index in [-0.39, 0.29) is 0 Å². The van der Waals surface area contributed by atoms with E-state index in [1.54, 1.807) is 0 Å². The predicted molar refractivity (Wildman–Crippen MR) is 110 cm³/mol. The largest absolute Gasteiger partial charge is 0.486 e. The highest BCUT2D eigenvalue weighted by atomic mass is 16.6. The van der Waals surface area contributed by atoms with Crippen LogP contribution in [0.3, 0.4) is 0 Å². The highest BCUT2D eigenvalue weighted by molar-refractivity contribution is 5.90. The number of ether oxygens (including phenoxy) is 2. The van der Waals surface area contributed by atoms with Crippen molar-refractivity contribution in [2.45, 2.75) is 0 Å². The smallest absolute Gasteiger partial charge is 0.229 e. The van der Waals surface area contributed by atoms with E-state index in [4.69, 9.17) is 19.4 Å². The Morgan fingerprint density at radius 1 is 0.893 bits per heavy atom. The van der Waals surface area contributed by atoms with Gasteiger partial charge < -0.3 is 24.6 Å². The molecule has 7 heteroatoms. The molecule has 0 aliphatic carbocycles. The molecule has 0 spiro atoms. The Kier molecular flexibility index (Phi) is 4.37. The number of aromatic nitrogens is 2. The van der Waals surface area contributed by atoms with Gasteiger partial charge in [0.15, 0.2) is 11.5 Å². The average Bonchev–Trinajstić information content (AvgIpc) is 2.74. The number of piperazine rings is 1. The summed E-state index contributed by atoms with van der Waals surface area (Å²) in [4.78, 5) is 14.3. The zero-order chi connectivity index (χ0) is 18.9. The fraction of sp³-hybridized carbons (Fsp3) is 0.333. The molecule has 1 fully saturated rings. The van der Waals surface area contributed by atoms with Crippen LogP contribution in [0.1, 0.15) is 0 Å². The van der Waals surface area contributed by atoms with Crippen LogP contribution in [0.2, 0.25) is 0 Å². The van der Waals surface area contributed by atoms with E-state index in [1.165, 1.54) is 0 Å². The van der Waals surface area contributed by atoms with Crippen molar-refractivity contribution in [1.82, 2.24) is 14.9 Å². The molecule has 0 unspecified atom stereocenters. The Morgan fingerprint density at radius 2 is 1.68 bits per heavy atom. The third-order valence-corrected chi connectivity index (χ3v) is 5.18. The molecular formula is C21H23N5O2. The first-order chi connectivity index (χ1) is 13.8. The zero-order valence-electron chi connectivity index (χ0n) is 15.9. The van der Waals surface area contributed by atoms with Crippen LogP contribution in [0.5, 0.6) is 11.5 Å². The summed E-state index contributed by atoms with van der Waals surface area (Å²) in [6.07, 6.45) is 0. The van der Waals surface area contributed by atoms with Gasteiger partial charge in [0.1, 0.15) is 19.0 Å². The highest BCUT2D eigenvalue weighted by Gasteiger charge is 2.19. The van der Waals surface area contributed by atoms with Gasteiger partial charge in [-0.3, -0.25) is 0 Å². The molecule has 0 amide bonds. The lowest BCUT2D eigenvalue weighted by Crippen LogP contribution is -2.45. The van der Waals surface area contributed by atoms with Crippen molar-refractivity contribution < 1.29 is 9.47 Å². The molecule has 2 aliphatic rings. The topological polar surface area (TPSA) is 62.8 Å². The summed E-state index contributed by atoms with van der Waals surface area (Å²) < 4.78 is 11.3. The molecule has 28 heavy (non-hydrogen) atoms. The van der Waals surface area contributed by atoms with Crippen molar-refractivity contribution in [3.8, 4) is 11.5 Å². The summed E-state index contributed by atoms with van der Waals surface area (Å²) in [5.74, 6) is 3.09. The molecule has 1 N–H and O–H groups in total. The van der Waals surface area contributed by atoms with Crippen LogP contribution in [0.15, 0.2) is 42.5 Å². The second-order valence-corrected chi connectivity index (χ2v) is 7.16. The number of para-hydroxylation sites is 1. The molecule has 2 aliphatic heterocycles. The second kappa shape index (κ2) is 7.16. The van der Waals surface area contributed by atoms with E-state index in [9.17, 15) is 0 Å². The van der Waals surface area contributed by atoms with Gasteiger partial charge in [-0.2, -0.15) is 4.98 Å². The van der Waals surface area contributed by atoms with Crippen molar-refractivity contribution in [3.05, 3.63) is 42.5 Å². The molecule has 144 valence electrons. The third kappa shape index (κ3) is 3.29. The van der Waals surface area contributed by atoms with Gasteiger partial charge in [0.25, 0.3) is 0 Å². The van der Waals surface area contributed by atoms with E-state index in [0.717, 1.165) is 60.1 Å². The molecule has 7 nitrogen and oxygen atoms in total. The van der Waals surface area contributed by atoms with Crippen molar-refractivity contribution in [2.75, 3.05) is 56.7 Å². The molecular weight excluding hydrogens is 354 g/mol. The van der Waals surface area contributed by atoms with Crippen LogP contribution in [0, 0.1) is 0 Å². The maximum absolute atomic E-state index is 5.68. The standard InChI is InChI=1S/C21H23N5O2/c1-25-8-10-26(11-9-25)20-16-4-2-3-5-17(16)23-21(24-20)22-15-6-7-18-19(14-15)28-13-12-27-18/h2-7,14H,8-13H2,1H3,(H,22,23,24). The van der Waals surface area contributed by atoms with Crippen molar-refractivity contribution in [1.29, 1.82) is 0 Å². The lowest BCUT2D eigenvalue weighted by molar-refractivity contribution is 0.171. The molecule has 1 saturated heterocycles. The van der Waals surface area contributed by atoms with Gasteiger partial charge >= 0.3 is 0 Å². The van der Waals surface area contributed by atoms with Gasteiger partial charge in [0.2, 0.25) is 5.95 Å². The number of hydrogen-bond acceptors (Lipinski definition) is 7.